The van der Waals surface area contributed by atoms with Crippen molar-refractivity contribution >= 4 is 28.7 Å². The number of nitrogen functional groups attached to an aromatic ring is 1. The molecule has 1 aliphatic heterocycles. The van der Waals surface area contributed by atoms with Gasteiger partial charge in [-0.3, -0.25) is 9.47 Å². The fourth-order valence-corrected chi connectivity index (χ4v) is 5.23. The summed E-state index contributed by atoms with van der Waals surface area (Å²) < 4.78 is 7.76. The summed E-state index contributed by atoms with van der Waals surface area (Å²) in [4.78, 5) is 27.1. The van der Waals surface area contributed by atoms with Crippen LogP contribution in [0.15, 0.2) is 67.3 Å². The normalized spacial score (nSPS) is 20.5. The van der Waals surface area contributed by atoms with E-state index in [-0.39, 0.29) is 17.3 Å². The first-order chi connectivity index (χ1) is 20.6. The van der Waals surface area contributed by atoms with Gasteiger partial charge in [0.05, 0.1) is 6.33 Å². The van der Waals surface area contributed by atoms with E-state index in [1.165, 1.54) is 18.2 Å². The molecule has 4 atom stereocenters. The molecule has 0 spiro atoms. The number of benzene rings is 2. The smallest absolute Gasteiger partial charge is 0.319 e. The second-order valence-corrected chi connectivity index (χ2v) is 11.9. The van der Waals surface area contributed by atoms with Gasteiger partial charge >= 0.3 is 6.03 Å². The fourth-order valence-electron chi connectivity index (χ4n) is 5.23. The molecule has 1 aliphatic rings. The zero-order chi connectivity index (χ0) is 30.6. The van der Waals surface area contributed by atoms with Crippen LogP contribution in [-0.4, -0.2) is 78.6 Å². The van der Waals surface area contributed by atoms with Crippen LogP contribution in [0.5, 0.6) is 0 Å². The van der Waals surface area contributed by atoms with Gasteiger partial charge in [-0.05, 0) is 35.1 Å². The van der Waals surface area contributed by atoms with Crippen molar-refractivity contribution in [3.8, 4) is 0 Å². The van der Waals surface area contributed by atoms with Gasteiger partial charge in [0.2, 0.25) is 0 Å². The number of imidazole rings is 1. The second-order valence-electron chi connectivity index (χ2n) is 11.9. The average molecular weight is 589 g/mol. The number of ether oxygens (including phenoxy) is 1. The third-order valence-corrected chi connectivity index (χ3v) is 7.63. The number of hydrogen-bond acceptors (Lipinski definition) is 9. The number of nitrogens with one attached hydrogen (secondary N) is 2. The van der Waals surface area contributed by atoms with Crippen LogP contribution in [0.3, 0.4) is 0 Å². The Labute approximate surface area is 250 Å². The number of aliphatic hydroxyl groups is 2. The topological polar surface area (TPSA) is 164 Å². The number of aliphatic hydroxyl groups excluding tert-OH is 2. The number of rotatable bonds is 10. The highest BCUT2D eigenvalue weighted by Crippen LogP contribution is 2.32. The molecule has 0 aliphatic carbocycles. The van der Waals surface area contributed by atoms with E-state index in [9.17, 15) is 15.0 Å². The Balaban J connectivity index is 1.18. The van der Waals surface area contributed by atoms with Gasteiger partial charge in [-0.25, -0.2) is 19.7 Å². The summed E-state index contributed by atoms with van der Waals surface area (Å²) in [5.74, 6) is 0.225. The van der Waals surface area contributed by atoms with Gasteiger partial charge < -0.3 is 31.3 Å². The summed E-state index contributed by atoms with van der Waals surface area (Å²) in [5.41, 5.74) is 9.81. The quantitative estimate of drug-likeness (QED) is 0.175. The fraction of sp³-hybridized carbons (Fsp3) is 0.419. The molecule has 43 heavy (non-hydrogen) atoms. The van der Waals surface area contributed by atoms with E-state index >= 15 is 0 Å². The van der Waals surface area contributed by atoms with E-state index in [0.29, 0.717) is 43.8 Å². The van der Waals surface area contributed by atoms with Crippen LogP contribution in [0.25, 0.3) is 11.2 Å². The summed E-state index contributed by atoms with van der Waals surface area (Å²) in [5, 5.41) is 27.7. The molecule has 2 aromatic heterocycles. The molecule has 228 valence electrons. The molecule has 0 saturated carbocycles. The average Bonchev–Trinajstić information content (AvgIpc) is 3.53. The lowest BCUT2D eigenvalue weighted by atomic mass is 9.87. The Hall–Kier alpha value is -4.10. The Morgan fingerprint density at radius 3 is 2.51 bits per heavy atom. The summed E-state index contributed by atoms with van der Waals surface area (Å²) in [6.45, 7) is 8.50. The summed E-state index contributed by atoms with van der Waals surface area (Å²) >= 11 is 0. The first-order valence-electron chi connectivity index (χ1n) is 14.5. The maximum Gasteiger partial charge on any atom is 0.319 e. The van der Waals surface area contributed by atoms with Crippen LogP contribution in [0.2, 0.25) is 0 Å². The lowest BCUT2D eigenvalue weighted by molar-refractivity contribution is -0.0449. The van der Waals surface area contributed by atoms with Crippen LogP contribution in [0.1, 0.15) is 44.5 Å². The Kier molecular flexibility index (Phi) is 9.21. The summed E-state index contributed by atoms with van der Waals surface area (Å²) in [6, 6.07) is 17.6. The van der Waals surface area contributed by atoms with Crippen molar-refractivity contribution in [2.24, 2.45) is 0 Å². The molecule has 1 saturated heterocycles. The second kappa shape index (κ2) is 13.0. The molecule has 4 aromatic rings. The lowest BCUT2D eigenvalue weighted by Crippen LogP contribution is -2.41. The number of fused-ring (bicyclic) bond motifs is 1. The maximum atomic E-state index is 12.5. The SMILES string of the molecule is CC(C)(C)c1ccc(NC(=O)NCCCN(Cc2ccccc2)C[C@H]2OC(n3cnc4c(N)ncnc43)[C@H](O)[C@@H]2O)cc1. The number of urea groups is 1. The number of nitrogens with two attached hydrogens (primary N) is 1. The van der Waals surface area contributed by atoms with Gasteiger partial charge in [-0.15, -0.1) is 0 Å². The van der Waals surface area contributed by atoms with Gasteiger partial charge in [-0.1, -0.05) is 63.2 Å². The van der Waals surface area contributed by atoms with Crippen LogP contribution in [-0.2, 0) is 16.7 Å². The number of aromatic nitrogens is 4. The minimum atomic E-state index is -1.19. The van der Waals surface area contributed by atoms with E-state index in [1.54, 1.807) is 4.57 Å². The van der Waals surface area contributed by atoms with Crippen molar-refractivity contribution in [1.82, 2.24) is 29.7 Å². The standard InChI is InChI=1S/C31H40N8O4/c1-31(2,3)21-10-12-22(13-11-21)37-30(42)33-14-7-15-38(16-20-8-5-4-6-9-20)17-23-25(40)26(41)29(43-23)39-19-36-24-27(32)34-18-35-28(24)39/h4-6,8-13,18-19,23,25-26,29,40-41H,7,14-17H2,1-3H3,(H2,32,34,35)(H2,33,37,42)/t23-,25-,26-,29?/m1/s1. The number of carbonyl (C=O) groups is 1. The van der Waals surface area contributed by atoms with Crippen molar-refractivity contribution in [3.05, 3.63) is 78.4 Å². The van der Waals surface area contributed by atoms with Crippen molar-refractivity contribution in [1.29, 1.82) is 0 Å². The summed E-state index contributed by atoms with van der Waals surface area (Å²) in [6.07, 6.45) is -0.415. The molecule has 0 bridgehead atoms. The van der Waals surface area contributed by atoms with Crippen molar-refractivity contribution in [3.63, 3.8) is 0 Å². The highest BCUT2D eigenvalue weighted by atomic mass is 16.6. The zero-order valence-corrected chi connectivity index (χ0v) is 24.7. The predicted molar refractivity (Wildman–Crippen MR) is 164 cm³/mol. The molecule has 5 rings (SSSR count). The Morgan fingerprint density at radius 2 is 1.79 bits per heavy atom. The van der Waals surface area contributed by atoms with Crippen LogP contribution < -0.4 is 16.4 Å². The molecule has 0 radical (unpaired) electrons. The largest absolute Gasteiger partial charge is 0.387 e. The predicted octanol–water partition coefficient (Wildman–Crippen LogP) is 3.04. The number of amides is 2. The van der Waals surface area contributed by atoms with Gasteiger partial charge in [0, 0.05) is 31.9 Å². The minimum Gasteiger partial charge on any atom is -0.387 e. The molecule has 6 N–H and O–H groups in total. The van der Waals surface area contributed by atoms with Gasteiger partial charge in [0.1, 0.15) is 30.2 Å². The van der Waals surface area contributed by atoms with Crippen LogP contribution >= 0.6 is 0 Å². The molecule has 3 heterocycles. The van der Waals surface area contributed by atoms with Gasteiger partial charge in [0.25, 0.3) is 0 Å². The highest BCUT2D eigenvalue weighted by Gasteiger charge is 2.44. The van der Waals surface area contributed by atoms with E-state index in [2.05, 4.69) is 51.3 Å². The summed E-state index contributed by atoms with van der Waals surface area (Å²) in [7, 11) is 0. The highest BCUT2D eigenvalue weighted by molar-refractivity contribution is 5.89. The minimum absolute atomic E-state index is 0.0440. The molecule has 12 heteroatoms. The maximum absolute atomic E-state index is 12.5. The first-order valence-corrected chi connectivity index (χ1v) is 14.5. The van der Waals surface area contributed by atoms with Gasteiger partial charge in [-0.2, -0.15) is 0 Å². The lowest BCUT2D eigenvalue weighted by Gasteiger charge is -2.27. The van der Waals surface area contributed by atoms with Gasteiger partial charge in [0.15, 0.2) is 17.7 Å². The molecule has 1 fully saturated rings. The molecular weight excluding hydrogens is 548 g/mol. The molecule has 1 unspecified atom stereocenters. The van der Waals surface area contributed by atoms with Crippen molar-refractivity contribution in [2.75, 3.05) is 30.7 Å². The van der Waals surface area contributed by atoms with E-state index in [4.69, 9.17) is 10.5 Å². The van der Waals surface area contributed by atoms with Crippen LogP contribution in [0, 0.1) is 0 Å². The van der Waals surface area contributed by atoms with Crippen LogP contribution in [0.4, 0.5) is 16.3 Å². The third kappa shape index (κ3) is 7.28. The number of hydrogen-bond donors (Lipinski definition) is 5. The molecule has 12 nitrogen and oxygen atoms in total. The Bertz CT molecular complexity index is 1510. The zero-order valence-electron chi connectivity index (χ0n) is 24.7. The molecular formula is C31H40N8O4. The molecule has 2 aromatic carbocycles. The number of carbonyl (C=O) groups excluding carboxylic acids is 1. The Morgan fingerprint density at radius 1 is 1.05 bits per heavy atom. The van der Waals surface area contributed by atoms with Crippen molar-refractivity contribution < 1.29 is 19.7 Å². The number of nitrogens with zero attached hydrogens (tertiary/aromatic N) is 5. The molecule has 2 amide bonds. The van der Waals surface area contributed by atoms with E-state index in [0.717, 1.165) is 11.3 Å². The third-order valence-electron chi connectivity index (χ3n) is 7.63. The monoisotopic (exact) mass is 588 g/mol. The number of anilines is 2. The first kappa shape index (κ1) is 30.4. The van der Waals surface area contributed by atoms with E-state index < -0.39 is 24.5 Å². The van der Waals surface area contributed by atoms with Crippen molar-refractivity contribution in [2.45, 2.75) is 63.7 Å². The van der Waals surface area contributed by atoms with E-state index in [1.807, 2.05) is 54.6 Å².